The third-order valence-corrected chi connectivity index (χ3v) is 7.43. The lowest BCUT2D eigenvalue weighted by molar-refractivity contribution is -0.119. The van der Waals surface area contributed by atoms with E-state index >= 15 is 0 Å². The van der Waals surface area contributed by atoms with E-state index in [2.05, 4.69) is 0 Å². The van der Waals surface area contributed by atoms with Crippen LogP contribution in [0.1, 0.15) is 6.42 Å². The summed E-state index contributed by atoms with van der Waals surface area (Å²) in [7, 11) is 2.78. The highest BCUT2D eigenvalue weighted by Gasteiger charge is 2.31. The molecule has 0 aliphatic rings. The Kier molecular flexibility index (Phi) is 13.8. The number of nitrogens with zero attached hydrogens (tertiary/aromatic N) is 1. The smallest absolute Gasteiger partial charge is 0.334 e. The van der Waals surface area contributed by atoms with Crippen LogP contribution in [0, 0.1) is 0 Å². The molecule has 164 valence electrons. The predicted octanol–water partition coefficient (Wildman–Crippen LogP) is -2.51. The van der Waals surface area contributed by atoms with Gasteiger partial charge in [-0.25, -0.2) is 0 Å². The number of aliphatic hydroxyl groups is 6. The number of hydrogen-bond acceptors (Lipinski definition) is 10. The lowest BCUT2D eigenvalue weighted by Gasteiger charge is -2.29. The van der Waals surface area contributed by atoms with Crippen LogP contribution in [0.2, 0.25) is 12.6 Å². The molecule has 11 heteroatoms. The fraction of sp³-hybridized carbons (Fsp3) is 1.00. The highest BCUT2D eigenvalue weighted by molar-refractivity contribution is 6.65. The molecule has 5 unspecified atom stereocenters. The molecule has 0 aromatic carbocycles. The van der Waals surface area contributed by atoms with Crippen LogP contribution in [0.5, 0.6) is 0 Å². The fourth-order valence-corrected chi connectivity index (χ4v) is 3.84. The SMILES string of the molecule is CO[Si](C)(CCCOCC(O)CN(C)CC(O)C(O)C(O)C(O)CO)OC. The summed E-state index contributed by atoms with van der Waals surface area (Å²) in [6.45, 7) is 1.96. The van der Waals surface area contributed by atoms with Crippen molar-refractivity contribution in [1.82, 2.24) is 4.90 Å². The number of likely N-dealkylation sites (N-methyl/N-ethyl adjacent to an activating group) is 1. The van der Waals surface area contributed by atoms with Crippen LogP contribution >= 0.6 is 0 Å². The topological polar surface area (TPSA) is 152 Å². The standard InChI is InChI=1S/C16H37NO9Si/c1-17(9-13(20)15(22)16(23)14(21)10-18)8-12(19)11-26-6-5-7-27(4,24-2)25-3/h12-16,18-23H,5-11H2,1-4H3. The molecule has 0 aromatic heterocycles. The van der Waals surface area contributed by atoms with E-state index in [1.165, 1.54) is 0 Å². The second-order valence-electron chi connectivity index (χ2n) is 6.89. The maximum absolute atomic E-state index is 9.98. The van der Waals surface area contributed by atoms with Crippen LogP contribution in [0.25, 0.3) is 0 Å². The van der Waals surface area contributed by atoms with Gasteiger partial charge in [0.1, 0.15) is 18.3 Å². The summed E-state index contributed by atoms with van der Waals surface area (Å²) in [5.41, 5.74) is 0. The molecule has 6 N–H and O–H groups in total. The maximum atomic E-state index is 9.98. The molecule has 0 fully saturated rings. The van der Waals surface area contributed by atoms with Gasteiger partial charge in [-0.15, -0.1) is 0 Å². The van der Waals surface area contributed by atoms with Crippen molar-refractivity contribution >= 4 is 8.56 Å². The molecule has 0 rings (SSSR count). The first-order valence-corrected chi connectivity index (χ1v) is 11.5. The molecular weight excluding hydrogens is 378 g/mol. The van der Waals surface area contributed by atoms with Crippen LogP contribution in [0.4, 0.5) is 0 Å². The minimum absolute atomic E-state index is 0.0426. The number of hydrogen-bond donors (Lipinski definition) is 6. The Morgan fingerprint density at radius 1 is 0.926 bits per heavy atom. The van der Waals surface area contributed by atoms with Gasteiger partial charge in [0.25, 0.3) is 0 Å². The maximum Gasteiger partial charge on any atom is 0.334 e. The first-order chi connectivity index (χ1) is 12.6. The highest BCUT2D eigenvalue weighted by Crippen LogP contribution is 2.13. The van der Waals surface area contributed by atoms with Crippen molar-refractivity contribution in [3.8, 4) is 0 Å². The molecule has 0 spiro atoms. The lowest BCUT2D eigenvalue weighted by atomic mass is 10.0. The van der Waals surface area contributed by atoms with Crippen molar-refractivity contribution < 1.29 is 44.2 Å². The van der Waals surface area contributed by atoms with Gasteiger partial charge in [-0.2, -0.15) is 0 Å². The summed E-state index contributed by atoms with van der Waals surface area (Å²) < 4.78 is 16.2. The number of ether oxygens (including phenoxy) is 1. The monoisotopic (exact) mass is 415 g/mol. The number of aliphatic hydroxyl groups excluding tert-OH is 6. The normalized spacial score (nSPS) is 18.3. The first kappa shape index (κ1) is 26.8. The van der Waals surface area contributed by atoms with E-state index < -0.39 is 45.7 Å². The molecule has 0 amide bonds. The van der Waals surface area contributed by atoms with Crippen molar-refractivity contribution in [2.75, 3.05) is 54.2 Å². The van der Waals surface area contributed by atoms with E-state index in [1.54, 1.807) is 26.2 Å². The molecule has 0 aromatic rings. The molecule has 0 radical (unpaired) electrons. The van der Waals surface area contributed by atoms with Gasteiger partial charge in [0.05, 0.1) is 25.4 Å². The van der Waals surface area contributed by atoms with Crippen molar-refractivity contribution in [2.24, 2.45) is 0 Å². The van der Waals surface area contributed by atoms with E-state index in [0.717, 1.165) is 12.5 Å². The van der Waals surface area contributed by atoms with E-state index in [1.807, 2.05) is 6.55 Å². The summed E-state index contributed by atoms with van der Waals surface area (Å²) in [4.78, 5) is 1.57. The molecule has 0 aliphatic heterocycles. The van der Waals surface area contributed by atoms with Crippen molar-refractivity contribution in [2.45, 2.75) is 49.5 Å². The van der Waals surface area contributed by atoms with Gasteiger partial charge in [0.15, 0.2) is 0 Å². The fourth-order valence-electron chi connectivity index (χ4n) is 2.48. The molecule has 5 atom stereocenters. The molecule has 0 aliphatic carbocycles. The second-order valence-corrected chi connectivity index (χ2v) is 10.5. The zero-order chi connectivity index (χ0) is 21.0. The lowest BCUT2D eigenvalue weighted by Crippen LogP contribution is -2.50. The van der Waals surface area contributed by atoms with Crippen LogP contribution in [0.15, 0.2) is 0 Å². The third kappa shape index (κ3) is 10.8. The van der Waals surface area contributed by atoms with Crippen molar-refractivity contribution in [3.05, 3.63) is 0 Å². The Hall–Kier alpha value is -0.183. The summed E-state index contributed by atoms with van der Waals surface area (Å²) >= 11 is 0. The summed E-state index contributed by atoms with van der Waals surface area (Å²) in [5.74, 6) is 0. The van der Waals surface area contributed by atoms with Gasteiger partial charge >= 0.3 is 8.56 Å². The Balaban J connectivity index is 4.05. The minimum Gasteiger partial charge on any atom is -0.398 e. The summed E-state index contributed by atoms with van der Waals surface area (Å²) in [6, 6.07) is 0.780. The molecule has 0 bridgehead atoms. The Bertz CT molecular complexity index is 376. The molecule has 0 heterocycles. The Labute approximate surface area is 162 Å². The van der Waals surface area contributed by atoms with E-state index in [-0.39, 0.29) is 19.7 Å². The molecule has 0 saturated heterocycles. The summed E-state index contributed by atoms with van der Waals surface area (Å²) in [6.07, 6.45) is -6.22. The van der Waals surface area contributed by atoms with Crippen LogP contribution in [-0.4, -0.2) is 129 Å². The average molecular weight is 416 g/mol. The van der Waals surface area contributed by atoms with E-state index in [9.17, 15) is 25.5 Å². The first-order valence-electron chi connectivity index (χ1n) is 8.98. The van der Waals surface area contributed by atoms with E-state index in [4.69, 9.17) is 18.7 Å². The van der Waals surface area contributed by atoms with Gasteiger partial charge in [-0.1, -0.05) is 0 Å². The van der Waals surface area contributed by atoms with Crippen LogP contribution < -0.4 is 0 Å². The quantitative estimate of drug-likeness (QED) is 0.118. The average Bonchev–Trinajstić information content (AvgIpc) is 2.65. The van der Waals surface area contributed by atoms with Gasteiger partial charge in [0, 0.05) is 33.9 Å². The van der Waals surface area contributed by atoms with Gasteiger partial charge < -0.3 is 49.1 Å². The van der Waals surface area contributed by atoms with Gasteiger partial charge in [-0.05, 0) is 26.1 Å². The highest BCUT2D eigenvalue weighted by atomic mass is 28.4. The summed E-state index contributed by atoms with van der Waals surface area (Å²) in [5, 5.41) is 57.3. The van der Waals surface area contributed by atoms with Gasteiger partial charge in [0.2, 0.25) is 0 Å². The molecule has 10 nitrogen and oxygen atoms in total. The largest absolute Gasteiger partial charge is 0.398 e. The van der Waals surface area contributed by atoms with Crippen LogP contribution in [-0.2, 0) is 13.6 Å². The Morgan fingerprint density at radius 2 is 1.48 bits per heavy atom. The zero-order valence-electron chi connectivity index (χ0n) is 16.7. The second kappa shape index (κ2) is 13.9. The minimum atomic E-state index is -2.11. The number of rotatable bonds is 16. The van der Waals surface area contributed by atoms with Crippen molar-refractivity contribution in [1.29, 1.82) is 0 Å². The molecule has 0 saturated carbocycles. The molecular formula is C16H37NO9Si. The predicted molar refractivity (Wildman–Crippen MR) is 100 cm³/mol. The van der Waals surface area contributed by atoms with E-state index in [0.29, 0.717) is 6.61 Å². The van der Waals surface area contributed by atoms with Crippen LogP contribution in [0.3, 0.4) is 0 Å². The molecule has 27 heavy (non-hydrogen) atoms. The third-order valence-electron chi connectivity index (χ3n) is 4.44. The Morgan fingerprint density at radius 3 is 2.00 bits per heavy atom. The zero-order valence-corrected chi connectivity index (χ0v) is 17.7. The van der Waals surface area contributed by atoms with Gasteiger partial charge in [-0.3, -0.25) is 0 Å². The van der Waals surface area contributed by atoms with Crippen molar-refractivity contribution in [3.63, 3.8) is 0 Å².